The quantitative estimate of drug-likeness (QED) is 0.866. The van der Waals surface area contributed by atoms with Crippen LogP contribution in [0, 0.1) is 0 Å². The van der Waals surface area contributed by atoms with Crippen molar-refractivity contribution >= 4 is 6.09 Å². The molecule has 0 bridgehead atoms. The van der Waals surface area contributed by atoms with Crippen LogP contribution in [0.4, 0.5) is 4.79 Å². The Morgan fingerprint density at radius 1 is 1.23 bits per heavy atom. The number of carbonyl (C=O) groups is 1. The third kappa shape index (κ3) is 6.61. The maximum Gasteiger partial charge on any atom is 0.408 e. The molecule has 1 amide bonds. The predicted octanol–water partition coefficient (Wildman–Crippen LogP) is 3.80. The molecule has 1 aromatic carbocycles. The Bertz CT molecular complexity index is 570. The van der Waals surface area contributed by atoms with Gasteiger partial charge in [0.1, 0.15) is 5.60 Å². The molecule has 2 rings (SSSR count). The second kappa shape index (κ2) is 8.87. The van der Waals surface area contributed by atoms with Crippen LogP contribution in [0.2, 0.25) is 0 Å². The van der Waals surface area contributed by atoms with E-state index in [0.717, 1.165) is 25.2 Å². The highest BCUT2D eigenvalue weighted by atomic mass is 16.6. The fourth-order valence-corrected chi connectivity index (χ4v) is 3.33. The molecule has 1 heterocycles. The van der Waals surface area contributed by atoms with Gasteiger partial charge in [-0.15, -0.1) is 0 Å². The fraction of sp³-hybridized carbons (Fsp3) is 0.667. The fourth-order valence-electron chi connectivity index (χ4n) is 3.33. The average Bonchev–Trinajstić information content (AvgIpc) is 2.54. The Hall–Kier alpha value is -1.59. The highest BCUT2D eigenvalue weighted by molar-refractivity contribution is 5.68. The van der Waals surface area contributed by atoms with Crippen molar-refractivity contribution in [2.24, 2.45) is 0 Å². The number of hydrogen-bond acceptors (Lipinski definition) is 4. The van der Waals surface area contributed by atoms with Gasteiger partial charge < -0.3 is 15.0 Å². The molecular weight excluding hydrogens is 326 g/mol. The lowest BCUT2D eigenvalue weighted by atomic mass is 10.0. The Morgan fingerprint density at radius 2 is 1.81 bits per heavy atom. The molecule has 0 aliphatic carbocycles. The first-order chi connectivity index (χ1) is 12.1. The summed E-state index contributed by atoms with van der Waals surface area (Å²) in [7, 11) is 4.34. The van der Waals surface area contributed by atoms with Gasteiger partial charge in [-0.2, -0.15) is 0 Å². The van der Waals surface area contributed by atoms with Crippen molar-refractivity contribution in [2.75, 3.05) is 27.2 Å². The molecule has 0 radical (unpaired) electrons. The van der Waals surface area contributed by atoms with Crippen molar-refractivity contribution in [3.8, 4) is 0 Å². The van der Waals surface area contributed by atoms with E-state index in [1.807, 2.05) is 27.7 Å². The lowest BCUT2D eigenvalue weighted by Crippen LogP contribution is -2.41. The minimum atomic E-state index is -0.478. The summed E-state index contributed by atoms with van der Waals surface area (Å²) < 4.78 is 5.32. The molecule has 1 N–H and O–H groups in total. The summed E-state index contributed by atoms with van der Waals surface area (Å²) >= 11 is 0. The maximum atomic E-state index is 11.9. The highest BCUT2D eigenvalue weighted by Crippen LogP contribution is 2.19. The zero-order chi connectivity index (χ0) is 19.3. The Kier molecular flexibility index (Phi) is 7.07. The van der Waals surface area contributed by atoms with E-state index in [-0.39, 0.29) is 12.1 Å². The van der Waals surface area contributed by atoms with E-state index >= 15 is 0 Å². The number of carbonyl (C=O) groups excluding carboxylic acids is 1. The van der Waals surface area contributed by atoms with E-state index in [1.54, 1.807) is 0 Å². The number of nitrogens with zero attached hydrogens (tertiary/aromatic N) is 2. The van der Waals surface area contributed by atoms with Gasteiger partial charge in [-0.25, -0.2) is 4.79 Å². The smallest absolute Gasteiger partial charge is 0.408 e. The number of amides is 1. The van der Waals surface area contributed by atoms with Crippen LogP contribution in [0.3, 0.4) is 0 Å². The summed E-state index contributed by atoms with van der Waals surface area (Å²) in [5.41, 5.74) is 1.93. The molecule has 0 aromatic heterocycles. The molecule has 1 saturated heterocycles. The van der Waals surface area contributed by atoms with Crippen molar-refractivity contribution < 1.29 is 9.53 Å². The molecule has 1 atom stereocenters. The second-order valence-electron chi connectivity index (χ2n) is 8.58. The van der Waals surface area contributed by atoms with Crippen LogP contribution in [0.25, 0.3) is 0 Å². The molecule has 146 valence electrons. The summed E-state index contributed by atoms with van der Waals surface area (Å²) in [5, 5.41) is 2.89. The lowest BCUT2D eigenvalue weighted by Gasteiger charge is -2.35. The third-order valence-corrected chi connectivity index (χ3v) is 4.91. The Balaban J connectivity index is 1.83. The number of nitrogens with one attached hydrogen (secondary N) is 1. The standard InChI is InChI=1S/C21H35N3O2/c1-16(22-20(25)26-21(2,3)4)18-9-7-17(8-10-18)15-24-13-11-19(12-14-24)23(5)6/h7-10,16,19H,11-15H2,1-6H3,(H,22,25). The van der Waals surface area contributed by atoms with E-state index in [9.17, 15) is 4.79 Å². The van der Waals surface area contributed by atoms with Gasteiger partial charge in [-0.3, -0.25) is 4.90 Å². The van der Waals surface area contributed by atoms with E-state index in [2.05, 4.69) is 53.5 Å². The van der Waals surface area contributed by atoms with E-state index in [4.69, 9.17) is 4.74 Å². The lowest BCUT2D eigenvalue weighted by molar-refractivity contribution is 0.0508. The number of rotatable bonds is 5. The van der Waals surface area contributed by atoms with Crippen LogP contribution in [-0.4, -0.2) is 54.7 Å². The molecular formula is C21H35N3O2. The van der Waals surface area contributed by atoms with Crippen LogP contribution in [-0.2, 0) is 11.3 Å². The zero-order valence-electron chi connectivity index (χ0n) is 17.2. The minimum absolute atomic E-state index is 0.0743. The number of ether oxygens (including phenoxy) is 1. The molecule has 5 heteroatoms. The molecule has 1 aliphatic rings. The first-order valence-electron chi connectivity index (χ1n) is 9.61. The summed E-state index contributed by atoms with van der Waals surface area (Å²) in [5.74, 6) is 0. The molecule has 1 fully saturated rings. The first kappa shape index (κ1) is 20.7. The largest absolute Gasteiger partial charge is 0.444 e. The highest BCUT2D eigenvalue weighted by Gasteiger charge is 2.21. The maximum absolute atomic E-state index is 11.9. The van der Waals surface area contributed by atoms with Crippen LogP contribution >= 0.6 is 0 Å². The van der Waals surface area contributed by atoms with Crippen LogP contribution < -0.4 is 5.32 Å². The predicted molar refractivity (Wildman–Crippen MR) is 106 cm³/mol. The van der Waals surface area contributed by atoms with Gasteiger partial charge in [-0.05, 0) is 78.8 Å². The second-order valence-corrected chi connectivity index (χ2v) is 8.58. The van der Waals surface area contributed by atoms with Crippen molar-refractivity contribution in [1.29, 1.82) is 0 Å². The van der Waals surface area contributed by atoms with E-state index < -0.39 is 5.60 Å². The van der Waals surface area contributed by atoms with Gasteiger partial charge in [0.2, 0.25) is 0 Å². The summed E-state index contributed by atoms with van der Waals surface area (Å²) in [4.78, 5) is 16.8. The number of alkyl carbamates (subject to hydrolysis) is 1. The monoisotopic (exact) mass is 361 g/mol. The number of hydrogen-bond donors (Lipinski definition) is 1. The van der Waals surface area contributed by atoms with Gasteiger partial charge in [0, 0.05) is 12.6 Å². The topological polar surface area (TPSA) is 44.8 Å². The number of likely N-dealkylation sites (tertiary alicyclic amines) is 1. The number of piperidine rings is 1. The molecule has 1 unspecified atom stereocenters. The minimum Gasteiger partial charge on any atom is -0.444 e. The van der Waals surface area contributed by atoms with Crippen molar-refractivity contribution in [3.05, 3.63) is 35.4 Å². The Labute approximate surface area is 158 Å². The van der Waals surface area contributed by atoms with Crippen LogP contribution in [0.1, 0.15) is 57.7 Å². The van der Waals surface area contributed by atoms with Crippen molar-refractivity contribution in [3.63, 3.8) is 0 Å². The third-order valence-electron chi connectivity index (χ3n) is 4.91. The molecule has 26 heavy (non-hydrogen) atoms. The molecule has 1 aliphatic heterocycles. The normalized spacial score (nSPS) is 18.0. The summed E-state index contributed by atoms with van der Waals surface area (Å²) in [6.07, 6.45) is 2.10. The average molecular weight is 362 g/mol. The molecule has 5 nitrogen and oxygen atoms in total. The van der Waals surface area contributed by atoms with Gasteiger partial charge >= 0.3 is 6.09 Å². The molecule has 0 saturated carbocycles. The van der Waals surface area contributed by atoms with E-state index in [0.29, 0.717) is 6.04 Å². The zero-order valence-corrected chi connectivity index (χ0v) is 17.2. The van der Waals surface area contributed by atoms with Gasteiger partial charge in [-0.1, -0.05) is 24.3 Å². The summed E-state index contributed by atoms with van der Waals surface area (Å²) in [6.45, 7) is 10.9. The first-order valence-corrected chi connectivity index (χ1v) is 9.61. The SMILES string of the molecule is CC(NC(=O)OC(C)(C)C)c1ccc(CN2CCC(N(C)C)CC2)cc1. The molecule has 1 aromatic rings. The van der Waals surface area contributed by atoms with Crippen molar-refractivity contribution in [2.45, 2.75) is 64.8 Å². The Morgan fingerprint density at radius 3 is 2.31 bits per heavy atom. The van der Waals surface area contributed by atoms with Gasteiger partial charge in [0.05, 0.1) is 6.04 Å². The summed E-state index contributed by atoms with van der Waals surface area (Å²) in [6, 6.07) is 9.18. The molecule has 0 spiro atoms. The van der Waals surface area contributed by atoms with Crippen LogP contribution in [0.5, 0.6) is 0 Å². The number of benzene rings is 1. The van der Waals surface area contributed by atoms with Gasteiger partial charge in [0.25, 0.3) is 0 Å². The van der Waals surface area contributed by atoms with Crippen molar-refractivity contribution in [1.82, 2.24) is 15.1 Å². The van der Waals surface area contributed by atoms with Gasteiger partial charge in [0.15, 0.2) is 0 Å². The van der Waals surface area contributed by atoms with E-state index in [1.165, 1.54) is 18.4 Å². The van der Waals surface area contributed by atoms with Crippen LogP contribution in [0.15, 0.2) is 24.3 Å².